The van der Waals surface area contributed by atoms with Gasteiger partial charge in [-0.3, -0.25) is 4.79 Å². The van der Waals surface area contributed by atoms with Gasteiger partial charge in [0.25, 0.3) is 0 Å². The third-order valence-corrected chi connectivity index (χ3v) is 7.14. The third-order valence-electron chi connectivity index (χ3n) is 5.51. The molecule has 2 saturated heterocycles. The van der Waals surface area contributed by atoms with Crippen molar-refractivity contribution in [1.29, 1.82) is 0 Å². The summed E-state index contributed by atoms with van der Waals surface area (Å²) in [4.78, 5) is 27.4. The minimum atomic E-state index is -0.576. The van der Waals surface area contributed by atoms with Gasteiger partial charge in [-0.2, -0.15) is 0 Å². The van der Waals surface area contributed by atoms with Crippen molar-refractivity contribution in [2.75, 3.05) is 19.7 Å². The predicted octanol–water partition coefficient (Wildman–Crippen LogP) is 3.91. The maximum Gasteiger partial charge on any atom is 0.409 e. The van der Waals surface area contributed by atoms with Crippen LogP contribution < -0.4 is 0 Å². The average molecular weight is 378 g/mol. The van der Waals surface area contributed by atoms with Crippen LogP contribution in [0.1, 0.15) is 40.0 Å². The van der Waals surface area contributed by atoms with E-state index in [1.165, 1.54) is 0 Å². The molecule has 0 N–H and O–H groups in total. The predicted molar refractivity (Wildman–Crippen MR) is 101 cm³/mol. The van der Waals surface area contributed by atoms with Crippen LogP contribution in [0.15, 0.2) is 35.2 Å². The molecule has 2 heterocycles. The van der Waals surface area contributed by atoms with Crippen LogP contribution in [0.4, 0.5) is 4.79 Å². The minimum Gasteiger partial charge on any atom is -0.450 e. The van der Waals surface area contributed by atoms with Crippen LogP contribution in [0.3, 0.4) is 0 Å². The summed E-state index contributed by atoms with van der Waals surface area (Å²) in [6, 6.07) is 10.0. The lowest BCUT2D eigenvalue weighted by Crippen LogP contribution is -2.47. The second-order valence-corrected chi connectivity index (χ2v) is 8.57. The lowest BCUT2D eigenvalue weighted by Gasteiger charge is -2.38. The van der Waals surface area contributed by atoms with E-state index >= 15 is 0 Å². The van der Waals surface area contributed by atoms with Crippen LogP contribution in [0.2, 0.25) is 0 Å². The first-order valence-electron chi connectivity index (χ1n) is 9.25. The van der Waals surface area contributed by atoms with Gasteiger partial charge in [-0.05, 0) is 45.7 Å². The molecule has 0 aliphatic carbocycles. The first-order chi connectivity index (χ1) is 12.4. The van der Waals surface area contributed by atoms with Gasteiger partial charge in [-0.15, -0.1) is 11.8 Å². The number of benzene rings is 1. The van der Waals surface area contributed by atoms with Gasteiger partial charge in [0.1, 0.15) is 10.5 Å². The number of thioether (sulfide) groups is 1. The number of nitrogens with zero attached hydrogens (tertiary/aromatic N) is 1. The molecule has 0 aromatic heterocycles. The summed E-state index contributed by atoms with van der Waals surface area (Å²) in [6.45, 7) is 7.08. The number of carbonyl (C=O) groups is 2. The standard InChI is InChI=1S/C20H27NO4S/c1-4-24-18(23)21-12-10-19(11-13-21)14-20(15(2)22,16(3)25-19)26-17-8-6-5-7-9-17/h5-9,16H,4,10-14H2,1-3H3/t16-,20-/m0/s1. The molecule has 0 bridgehead atoms. The molecule has 6 heteroatoms. The zero-order chi connectivity index (χ0) is 18.8. The molecule has 2 atom stereocenters. The zero-order valence-electron chi connectivity index (χ0n) is 15.7. The molecule has 0 saturated carbocycles. The highest BCUT2D eigenvalue weighted by atomic mass is 32.2. The fourth-order valence-corrected chi connectivity index (χ4v) is 5.45. The quantitative estimate of drug-likeness (QED) is 0.796. The number of rotatable bonds is 4. The Kier molecular flexibility index (Phi) is 5.63. The van der Waals surface area contributed by atoms with E-state index in [1.807, 2.05) is 44.2 Å². The first-order valence-corrected chi connectivity index (χ1v) is 10.1. The summed E-state index contributed by atoms with van der Waals surface area (Å²) in [7, 11) is 0. The number of hydrogen-bond donors (Lipinski definition) is 0. The summed E-state index contributed by atoms with van der Waals surface area (Å²) in [5, 5.41) is 0. The normalized spacial score (nSPS) is 27.5. The number of Topliss-reactive ketones (excluding diaryl/α,β-unsaturated/α-hetero) is 1. The summed E-state index contributed by atoms with van der Waals surface area (Å²) < 4.78 is 10.9. The molecule has 2 aliphatic rings. The molecule has 0 radical (unpaired) electrons. The maximum atomic E-state index is 12.7. The van der Waals surface area contributed by atoms with Gasteiger partial charge in [0.05, 0.1) is 18.3 Å². The van der Waals surface area contributed by atoms with Crippen molar-refractivity contribution < 1.29 is 19.1 Å². The molecule has 1 aromatic carbocycles. The number of piperidine rings is 1. The number of hydrogen-bond acceptors (Lipinski definition) is 5. The molecule has 2 aliphatic heterocycles. The number of likely N-dealkylation sites (tertiary alicyclic amines) is 1. The lowest BCUT2D eigenvalue weighted by atomic mass is 9.82. The van der Waals surface area contributed by atoms with Crippen LogP contribution in [0.25, 0.3) is 0 Å². The van der Waals surface area contributed by atoms with Crippen molar-refractivity contribution in [2.45, 2.75) is 61.4 Å². The van der Waals surface area contributed by atoms with Crippen molar-refractivity contribution in [2.24, 2.45) is 0 Å². The molecule has 142 valence electrons. The second kappa shape index (κ2) is 7.61. The van der Waals surface area contributed by atoms with Crippen LogP contribution >= 0.6 is 11.8 Å². The molecule has 1 amide bonds. The summed E-state index contributed by atoms with van der Waals surface area (Å²) in [5.74, 6) is 0.156. The van der Waals surface area contributed by atoms with E-state index in [1.54, 1.807) is 23.6 Å². The van der Waals surface area contributed by atoms with Crippen molar-refractivity contribution in [1.82, 2.24) is 4.90 Å². The Labute approximate surface area is 159 Å². The topological polar surface area (TPSA) is 55.8 Å². The first kappa shape index (κ1) is 19.2. The largest absolute Gasteiger partial charge is 0.450 e. The Morgan fingerprint density at radius 3 is 2.50 bits per heavy atom. The highest BCUT2D eigenvalue weighted by Gasteiger charge is 2.58. The van der Waals surface area contributed by atoms with E-state index in [2.05, 4.69) is 0 Å². The van der Waals surface area contributed by atoms with Gasteiger partial charge in [0, 0.05) is 24.4 Å². The Morgan fingerprint density at radius 1 is 1.27 bits per heavy atom. The molecule has 5 nitrogen and oxygen atoms in total. The van der Waals surface area contributed by atoms with Crippen molar-refractivity contribution in [3.8, 4) is 0 Å². The van der Waals surface area contributed by atoms with E-state index in [0.717, 1.165) is 17.7 Å². The van der Waals surface area contributed by atoms with Gasteiger partial charge in [-0.1, -0.05) is 18.2 Å². The minimum absolute atomic E-state index is 0.156. The van der Waals surface area contributed by atoms with E-state index in [9.17, 15) is 9.59 Å². The Hall–Kier alpha value is -1.53. The Morgan fingerprint density at radius 2 is 1.92 bits per heavy atom. The second-order valence-electron chi connectivity index (χ2n) is 7.17. The van der Waals surface area contributed by atoms with Crippen LogP contribution in [0.5, 0.6) is 0 Å². The molecule has 0 unspecified atom stereocenters. The molecular formula is C20H27NO4S. The van der Waals surface area contributed by atoms with Crippen LogP contribution in [-0.2, 0) is 14.3 Å². The summed E-state index contributed by atoms with van der Waals surface area (Å²) in [5.41, 5.74) is -0.337. The van der Waals surface area contributed by atoms with Gasteiger partial charge in [0.2, 0.25) is 0 Å². The molecule has 26 heavy (non-hydrogen) atoms. The van der Waals surface area contributed by atoms with E-state index in [0.29, 0.717) is 26.1 Å². The molecule has 2 fully saturated rings. The zero-order valence-corrected chi connectivity index (χ0v) is 16.5. The summed E-state index contributed by atoms with van der Waals surface area (Å²) in [6.07, 6.45) is 1.73. The SMILES string of the molecule is CCOC(=O)N1CCC2(CC1)C[C@](Sc1ccccc1)(C(C)=O)[C@H](C)O2. The fraction of sp³-hybridized carbons (Fsp3) is 0.600. The van der Waals surface area contributed by atoms with E-state index in [-0.39, 0.29) is 23.6 Å². The molecular weight excluding hydrogens is 350 g/mol. The van der Waals surface area contributed by atoms with Crippen molar-refractivity contribution in [3.63, 3.8) is 0 Å². The van der Waals surface area contributed by atoms with Crippen LogP contribution in [0, 0.1) is 0 Å². The fourth-order valence-electron chi connectivity index (χ4n) is 4.04. The Bertz CT molecular complexity index is 657. The van der Waals surface area contributed by atoms with Gasteiger partial charge in [0.15, 0.2) is 0 Å². The maximum absolute atomic E-state index is 12.7. The smallest absolute Gasteiger partial charge is 0.409 e. The highest BCUT2D eigenvalue weighted by molar-refractivity contribution is 8.01. The molecule has 1 aromatic rings. The van der Waals surface area contributed by atoms with Gasteiger partial charge < -0.3 is 14.4 Å². The molecule has 1 spiro atoms. The van der Waals surface area contributed by atoms with Crippen molar-refractivity contribution >= 4 is 23.6 Å². The lowest BCUT2D eigenvalue weighted by molar-refractivity contribution is -0.120. The van der Waals surface area contributed by atoms with E-state index < -0.39 is 4.75 Å². The number of ether oxygens (including phenoxy) is 2. The number of ketones is 1. The monoisotopic (exact) mass is 377 g/mol. The number of amides is 1. The van der Waals surface area contributed by atoms with Crippen LogP contribution in [-0.4, -0.2) is 52.9 Å². The van der Waals surface area contributed by atoms with Crippen molar-refractivity contribution in [3.05, 3.63) is 30.3 Å². The number of carbonyl (C=O) groups excluding carboxylic acids is 2. The Balaban J connectivity index is 1.75. The average Bonchev–Trinajstić information content (AvgIpc) is 2.89. The van der Waals surface area contributed by atoms with Gasteiger partial charge in [-0.25, -0.2) is 4.79 Å². The highest BCUT2D eigenvalue weighted by Crippen LogP contribution is 2.53. The van der Waals surface area contributed by atoms with Gasteiger partial charge >= 0.3 is 6.09 Å². The van der Waals surface area contributed by atoms with E-state index in [4.69, 9.17) is 9.47 Å². The third kappa shape index (κ3) is 3.62. The summed E-state index contributed by atoms with van der Waals surface area (Å²) >= 11 is 1.62. The molecule has 3 rings (SSSR count).